The Balaban J connectivity index is 2.27. The summed E-state index contributed by atoms with van der Waals surface area (Å²) in [7, 11) is 0. The number of aromatic nitrogens is 2. The quantitative estimate of drug-likeness (QED) is 0.550. The fourth-order valence-electron chi connectivity index (χ4n) is 1.51. The zero-order valence-electron chi connectivity index (χ0n) is 9.47. The van der Waals surface area contributed by atoms with Gasteiger partial charge in [-0.3, -0.25) is 0 Å². The largest absolute Gasteiger partial charge is 0.396 e. The van der Waals surface area contributed by atoms with Crippen molar-refractivity contribution in [1.82, 2.24) is 15.3 Å². The van der Waals surface area contributed by atoms with Crippen LogP contribution in [0.25, 0.3) is 0 Å². The average molecular weight is 224 g/mol. The second-order valence-corrected chi connectivity index (χ2v) is 3.66. The maximum atomic E-state index is 8.64. The van der Waals surface area contributed by atoms with Crippen molar-refractivity contribution in [3.05, 3.63) is 24.3 Å². The van der Waals surface area contributed by atoms with E-state index < -0.39 is 0 Å². The van der Waals surface area contributed by atoms with Crippen LogP contribution >= 0.6 is 0 Å². The van der Waals surface area contributed by atoms with E-state index in [-0.39, 0.29) is 12.6 Å². The molecule has 0 aliphatic carbocycles. The second kappa shape index (κ2) is 8.15. The Bertz CT molecular complexity index is 268. The summed E-state index contributed by atoms with van der Waals surface area (Å²) in [6.07, 6.45) is 6.19. The van der Waals surface area contributed by atoms with E-state index in [1.54, 1.807) is 6.20 Å². The lowest BCUT2D eigenvalue weighted by Gasteiger charge is -2.15. The Hall–Kier alpha value is -1.04. The van der Waals surface area contributed by atoms with Crippen molar-refractivity contribution in [2.24, 2.45) is 5.73 Å². The van der Waals surface area contributed by atoms with E-state index in [2.05, 4.69) is 15.3 Å². The lowest BCUT2D eigenvalue weighted by Crippen LogP contribution is -2.29. The Morgan fingerprint density at radius 2 is 2.25 bits per heavy atom. The molecule has 5 nitrogen and oxygen atoms in total. The van der Waals surface area contributed by atoms with Gasteiger partial charge in [0.05, 0.1) is 11.7 Å². The van der Waals surface area contributed by atoms with Gasteiger partial charge in [0.25, 0.3) is 0 Å². The molecule has 1 aromatic rings. The lowest BCUT2D eigenvalue weighted by molar-refractivity contribution is 0.282. The summed E-state index contributed by atoms with van der Waals surface area (Å²) in [6.45, 7) is 1.69. The molecule has 1 atom stereocenters. The highest BCUT2D eigenvalue weighted by Gasteiger charge is 2.08. The van der Waals surface area contributed by atoms with Crippen LogP contribution in [0.1, 0.15) is 31.0 Å². The smallest absolute Gasteiger partial charge is 0.115 e. The van der Waals surface area contributed by atoms with E-state index in [0.29, 0.717) is 6.54 Å². The Morgan fingerprint density at radius 3 is 2.88 bits per heavy atom. The Kier molecular flexibility index (Phi) is 6.64. The van der Waals surface area contributed by atoms with Gasteiger partial charge in [-0.2, -0.15) is 0 Å². The first-order valence-corrected chi connectivity index (χ1v) is 5.68. The number of rotatable bonds is 8. The summed E-state index contributed by atoms with van der Waals surface area (Å²) < 4.78 is 0. The van der Waals surface area contributed by atoms with Crippen molar-refractivity contribution in [3.8, 4) is 0 Å². The minimum Gasteiger partial charge on any atom is -0.396 e. The number of hydrogen-bond donors (Lipinski definition) is 3. The van der Waals surface area contributed by atoms with Gasteiger partial charge >= 0.3 is 0 Å². The Morgan fingerprint density at radius 1 is 1.38 bits per heavy atom. The first-order valence-electron chi connectivity index (χ1n) is 5.68. The third kappa shape index (κ3) is 4.65. The number of aliphatic hydroxyl groups excluding tert-OH is 1. The molecule has 0 saturated heterocycles. The van der Waals surface area contributed by atoms with Crippen LogP contribution in [0.5, 0.6) is 0 Å². The maximum Gasteiger partial charge on any atom is 0.115 e. The maximum absolute atomic E-state index is 8.64. The molecule has 0 aromatic carbocycles. The van der Waals surface area contributed by atoms with Gasteiger partial charge in [0.2, 0.25) is 0 Å². The summed E-state index contributed by atoms with van der Waals surface area (Å²) in [6, 6.07) is 1.97. The van der Waals surface area contributed by atoms with E-state index in [0.717, 1.165) is 31.5 Å². The standard InChI is InChI=1S/C11H20N4O/c12-8-11(10-4-6-13-9-15-10)14-5-2-1-3-7-16/h4,6,9,11,14,16H,1-3,5,7-8,12H2. The third-order valence-electron chi connectivity index (χ3n) is 2.42. The van der Waals surface area contributed by atoms with Gasteiger partial charge in [0.1, 0.15) is 6.33 Å². The molecule has 0 fully saturated rings. The highest BCUT2D eigenvalue weighted by Crippen LogP contribution is 2.06. The molecule has 0 saturated carbocycles. The van der Waals surface area contributed by atoms with Gasteiger partial charge in [0.15, 0.2) is 0 Å². The normalized spacial score (nSPS) is 12.6. The number of nitrogens with two attached hydrogens (primary N) is 1. The van der Waals surface area contributed by atoms with E-state index in [1.165, 1.54) is 6.33 Å². The summed E-state index contributed by atoms with van der Waals surface area (Å²) in [5.74, 6) is 0. The average Bonchev–Trinajstić information content (AvgIpc) is 2.35. The number of nitrogens with one attached hydrogen (secondary N) is 1. The van der Waals surface area contributed by atoms with Crippen molar-refractivity contribution in [3.63, 3.8) is 0 Å². The molecule has 1 unspecified atom stereocenters. The van der Waals surface area contributed by atoms with Crippen LogP contribution in [-0.2, 0) is 0 Å². The zero-order chi connectivity index (χ0) is 11.6. The molecule has 1 aromatic heterocycles. The molecule has 4 N–H and O–H groups in total. The number of nitrogens with zero attached hydrogens (tertiary/aromatic N) is 2. The van der Waals surface area contributed by atoms with Crippen LogP contribution in [0.3, 0.4) is 0 Å². The molecule has 0 amide bonds. The molecule has 90 valence electrons. The van der Waals surface area contributed by atoms with Crippen LogP contribution in [0, 0.1) is 0 Å². The molecule has 16 heavy (non-hydrogen) atoms. The minimum absolute atomic E-state index is 0.0946. The summed E-state index contributed by atoms with van der Waals surface area (Å²) in [5.41, 5.74) is 6.61. The molecule has 1 heterocycles. The van der Waals surface area contributed by atoms with Crippen molar-refractivity contribution in [1.29, 1.82) is 0 Å². The van der Waals surface area contributed by atoms with Crippen molar-refractivity contribution in [2.75, 3.05) is 19.7 Å². The Labute approximate surface area is 96.1 Å². The zero-order valence-corrected chi connectivity index (χ0v) is 9.47. The highest BCUT2D eigenvalue weighted by molar-refractivity contribution is 5.04. The monoisotopic (exact) mass is 224 g/mol. The topological polar surface area (TPSA) is 84.1 Å². The molecule has 0 spiro atoms. The predicted molar refractivity (Wildman–Crippen MR) is 62.8 cm³/mol. The molecule has 0 bridgehead atoms. The minimum atomic E-state index is 0.0946. The number of hydrogen-bond acceptors (Lipinski definition) is 5. The fourth-order valence-corrected chi connectivity index (χ4v) is 1.51. The van der Waals surface area contributed by atoms with Gasteiger partial charge in [-0.1, -0.05) is 0 Å². The van der Waals surface area contributed by atoms with Gasteiger partial charge in [-0.25, -0.2) is 9.97 Å². The van der Waals surface area contributed by atoms with Crippen LogP contribution in [0.4, 0.5) is 0 Å². The summed E-state index contributed by atoms with van der Waals surface area (Å²) in [5, 5.41) is 12.0. The van der Waals surface area contributed by atoms with Crippen LogP contribution < -0.4 is 11.1 Å². The molecule has 5 heteroatoms. The van der Waals surface area contributed by atoms with Crippen LogP contribution in [0.2, 0.25) is 0 Å². The predicted octanol–water partition coefficient (Wildman–Crippen LogP) is 0.229. The van der Waals surface area contributed by atoms with E-state index >= 15 is 0 Å². The molecule has 1 rings (SSSR count). The first kappa shape index (κ1) is 13.0. The highest BCUT2D eigenvalue weighted by atomic mass is 16.2. The van der Waals surface area contributed by atoms with Crippen LogP contribution in [0.15, 0.2) is 18.6 Å². The van der Waals surface area contributed by atoms with Crippen LogP contribution in [-0.4, -0.2) is 34.8 Å². The third-order valence-corrected chi connectivity index (χ3v) is 2.42. The van der Waals surface area contributed by atoms with Gasteiger partial charge in [0, 0.05) is 19.3 Å². The van der Waals surface area contributed by atoms with Crippen molar-refractivity contribution >= 4 is 0 Å². The van der Waals surface area contributed by atoms with E-state index in [1.807, 2.05) is 6.07 Å². The molecule has 0 aliphatic rings. The van der Waals surface area contributed by atoms with Gasteiger partial charge in [-0.05, 0) is 31.9 Å². The van der Waals surface area contributed by atoms with Crippen molar-refractivity contribution < 1.29 is 5.11 Å². The van der Waals surface area contributed by atoms with E-state index in [4.69, 9.17) is 10.8 Å². The van der Waals surface area contributed by atoms with Gasteiger partial charge in [-0.15, -0.1) is 0 Å². The second-order valence-electron chi connectivity index (χ2n) is 3.66. The van der Waals surface area contributed by atoms with E-state index in [9.17, 15) is 0 Å². The number of unbranched alkanes of at least 4 members (excludes halogenated alkanes) is 2. The SMILES string of the molecule is NCC(NCCCCCO)c1ccncn1. The molecular formula is C11H20N4O. The fraction of sp³-hybridized carbons (Fsp3) is 0.636. The first-order chi connectivity index (χ1) is 7.88. The number of aliphatic hydroxyl groups is 1. The molecule has 0 radical (unpaired) electrons. The summed E-state index contributed by atoms with van der Waals surface area (Å²) in [4.78, 5) is 8.05. The summed E-state index contributed by atoms with van der Waals surface area (Å²) >= 11 is 0. The lowest BCUT2D eigenvalue weighted by atomic mass is 10.2. The molecule has 0 aliphatic heterocycles. The molecular weight excluding hydrogens is 204 g/mol. The van der Waals surface area contributed by atoms with Crippen molar-refractivity contribution in [2.45, 2.75) is 25.3 Å². The van der Waals surface area contributed by atoms with Gasteiger partial charge < -0.3 is 16.2 Å².